The molecule has 0 saturated heterocycles. The van der Waals surface area contributed by atoms with Crippen LogP contribution in [0.3, 0.4) is 0 Å². The lowest BCUT2D eigenvalue weighted by Gasteiger charge is -2.17. The van der Waals surface area contributed by atoms with Gasteiger partial charge in [0.25, 0.3) is 0 Å². The second-order valence-electron chi connectivity index (χ2n) is 4.07. The van der Waals surface area contributed by atoms with Crippen LogP contribution in [0.2, 0.25) is 0 Å². The zero-order valence-corrected chi connectivity index (χ0v) is 9.64. The molecule has 2 atom stereocenters. The smallest absolute Gasteiger partial charge is 0.326 e. The average Bonchev–Trinajstić information content (AvgIpc) is 2.15. The van der Waals surface area contributed by atoms with Crippen LogP contribution >= 0.6 is 0 Å². The van der Waals surface area contributed by atoms with Gasteiger partial charge in [0.1, 0.15) is 12.1 Å². The maximum absolute atomic E-state index is 11.4. The Bertz CT molecular complexity index is 263. The number of carboxylic acid groups (broad SMARTS) is 1. The Balaban J connectivity index is 4.28. The van der Waals surface area contributed by atoms with Crippen molar-refractivity contribution in [3.63, 3.8) is 0 Å². The van der Waals surface area contributed by atoms with Crippen molar-refractivity contribution in [2.45, 2.75) is 38.8 Å². The zero-order valence-electron chi connectivity index (χ0n) is 9.64. The molecule has 0 aliphatic carbocycles. The summed E-state index contributed by atoms with van der Waals surface area (Å²) in [6, 6.07) is -1.02. The normalized spacial score (nSPS) is 14.2. The van der Waals surface area contributed by atoms with Gasteiger partial charge in [0, 0.05) is 0 Å². The third-order valence-corrected chi connectivity index (χ3v) is 2.01. The number of carboxylic acids is 1. The number of aliphatic hydroxyl groups excluding tert-OH is 1. The molecular formula is C11H19NO4. The van der Waals surface area contributed by atoms with Gasteiger partial charge in [-0.3, -0.25) is 4.79 Å². The standard InChI is InChI=1S/C11H19NO4/c1-4-5-8(11(15)16)12-10(14)9(13)6-7(2)3/h4,7-9,13H,1,5-6H2,2-3H3,(H,12,14)(H,15,16)/t8-,9-/m0/s1. The Morgan fingerprint density at radius 1 is 1.44 bits per heavy atom. The van der Waals surface area contributed by atoms with Gasteiger partial charge >= 0.3 is 5.97 Å². The lowest BCUT2D eigenvalue weighted by Crippen LogP contribution is -2.45. The van der Waals surface area contributed by atoms with Crippen LogP contribution in [0.4, 0.5) is 0 Å². The Morgan fingerprint density at radius 2 is 2.00 bits per heavy atom. The minimum Gasteiger partial charge on any atom is -0.480 e. The summed E-state index contributed by atoms with van der Waals surface area (Å²) in [5.41, 5.74) is 0. The molecule has 0 saturated carbocycles. The van der Waals surface area contributed by atoms with E-state index < -0.39 is 24.0 Å². The minimum absolute atomic E-state index is 0.134. The highest BCUT2D eigenvalue weighted by Crippen LogP contribution is 2.05. The Morgan fingerprint density at radius 3 is 2.38 bits per heavy atom. The molecule has 5 heteroatoms. The van der Waals surface area contributed by atoms with Crippen molar-refractivity contribution in [3.05, 3.63) is 12.7 Å². The number of hydrogen-bond donors (Lipinski definition) is 3. The largest absolute Gasteiger partial charge is 0.480 e. The molecule has 16 heavy (non-hydrogen) atoms. The van der Waals surface area contributed by atoms with Gasteiger partial charge in [-0.1, -0.05) is 19.9 Å². The average molecular weight is 229 g/mol. The van der Waals surface area contributed by atoms with E-state index in [4.69, 9.17) is 5.11 Å². The van der Waals surface area contributed by atoms with E-state index in [2.05, 4.69) is 11.9 Å². The van der Waals surface area contributed by atoms with Crippen molar-refractivity contribution >= 4 is 11.9 Å². The topological polar surface area (TPSA) is 86.6 Å². The van der Waals surface area contributed by atoms with Crippen LogP contribution in [0.25, 0.3) is 0 Å². The number of carbonyl (C=O) groups excluding carboxylic acids is 1. The fourth-order valence-electron chi connectivity index (χ4n) is 1.21. The first kappa shape index (κ1) is 14.6. The fraction of sp³-hybridized carbons (Fsp3) is 0.636. The molecule has 3 N–H and O–H groups in total. The first-order chi connectivity index (χ1) is 7.38. The van der Waals surface area contributed by atoms with Gasteiger partial charge in [0.15, 0.2) is 0 Å². The Labute approximate surface area is 95.2 Å². The van der Waals surface area contributed by atoms with Gasteiger partial charge in [-0.25, -0.2) is 4.79 Å². The monoisotopic (exact) mass is 229 g/mol. The van der Waals surface area contributed by atoms with E-state index in [-0.39, 0.29) is 12.3 Å². The van der Waals surface area contributed by atoms with E-state index in [0.717, 1.165) is 0 Å². The molecule has 0 aromatic heterocycles. The van der Waals surface area contributed by atoms with E-state index in [0.29, 0.717) is 6.42 Å². The van der Waals surface area contributed by atoms with Gasteiger partial charge in [0.05, 0.1) is 0 Å². The highest BCUT2D eigenvalue weighted by atomic mass is 16.4. The highest BCUT2D eigenvalue weighted by molar-refractivity contribution is 5.86. The summed E-state index contributed by atoms with van der Waals surface area (Å²) in [5, 5.41) is 20.5. The van der Waals surface area contributed by atoms with Gasteiger partial charge < -0.3 is 15.5 Å². The first-order valence-electron chi connectivity index (χ1n) is 5.20. The highest BCUT2D eigenvalue weighted by Gasteiger charge is 2.23. The Hall–Kier alpha value is -1.36. The summed E-state index contributed by atoms with van der Waals surface area (Å²) in [6.45, 7) is 7.15. The van der Waals surface area contributed by atoms with Gasteiger partial charge in [-0.05, 0) is 18.8 Å². The third-order valence-electron chi connectivity index (χ3n) is 2.01. The predicted molar refractivity (Wildman–Crippen MR) is 59.8 cm³/mol. The summed E-state index contributed by atoms with van der Waals surface area (Å²) in [6.07, 6.45) is 0.696. The molecule has 0 aliphatic heterocycles. The summed E-state index contributed by atoms with van der Waals surface area (Å²) in [5.74, 6) is -1.61. The van der Waals surface area contributed by atoms with Crippen molar-refractivity contribution in [2.75, 3.05) is 0 Å². The second kappa shape index (κ2) is 7.00. The molecule has 5 nitrogen and oxygen atoms in total. The van der Waals surface area contributed by atoms with Crippen molar-refractivity contribution in [3.8, 4) is 0 Å². The molecule has 0 heterocycles. The molecule has 0 unspecified atom stereocenters. The van der Waals surface area contributed by atoms with Crippen molar-refractivity contribution in [1.29, 1.82) is 0 Å². The molecule has 0 radical (unpaired) electrons. The maximum atomic E-state index is 11.4. The van der Waals surface area contributed by atoms with E-state index in [9.17, 15) is 14.7 Å². The zero-order chi connectivity index (χ0) is 12.7. The second-order valence-corrected chi connectivity index (χ2v) is 4.07. The van der Waals surface area contributed by atoms with Crippen molar-refractivity contribution < 1.29 is 19.8 Å². The van der Waals surface area contributed by atoms with Gasteiger partial charge in [0.2, 0.25) is 5.91 Å². The molecule has 1 amide bonds. The molecular weight excluding hydrogens is 210 g/mol. The van der Waals surface area contributed by atoms with Crippen LogP contribution in [0.5, 0.6) is 0 Å². The SMILES string of the molecule is C=CC[C@H](NC(=O)[C@@H](O)CC(C)C)C(=O)O. The van der Waals surface area contributed by atoms with E-state index in [1.807, 2.05) is 13.8 Å². The minimum atomic E-state index is -1.16. The van der Waals surface area contributed by atoms with Gasteiger partial charge in [-0.15, -0.1) is 6.58 Å². The van der Waals surface area contributed by atoms with Gasteiger partial charge in [-0.2, -0.15) is 0 Å². The lowest BCUT2D eigenvalue weighted by molar-refractivity contribution is -0.143. The van der Waals surface area contributed by atoms with Crippen LogP contribution in [0.1, 0.15) is 26.7 Å². The summed E-state index contributed by atoms with van der Waals surface area (Å²) >= 11 is 0. The number of rotatable bonds is 7. The van der Waals surface area contributed by atoms with E-state index in [1.54, 1.807) is 0 Å². The molecule has 0 fully saturated rings. The fourth-order valence-corrected chi connectivity index (χ4v) is 1.21. The third kappa shape index (κ3) is 5.50. The molecule has 0 rings (SSSR count). The van der Waals surface area contributed by atoms with E-state index >= 15 is 0 Å². The summed E-state index contributed by atoms with van der Waals surface area (Å²) in [7, 11) is 0. The summed E-state index contributed by atoms with van der Waals surface area (Å²) in [4.78, 5) is 22.1. The summed E-state index contributed by atoms with van der Waals surface area (Å²) < 4.78 is 0. The van der Waals surface area contributed by atoms with Crippen molar-refractivity contribution in [1.82, 2.24) is 5.32 Å². The molecule has 0 aromatic rings. The molecule has 0 aromatic carbocycles. The van der Waals surface area contributed by atoms with Crippen LogP contribution < -0.4 is 5.32 Å². The molecule has 0 spiro atoms. The number of carbonyl (C=O) groups is 2. The number of hydrogen-bond acceptors (Lipinski definition) is 3. The maximum Gasteiger partial charge on any atom is 0.326 e. The van der Waals surface area contributed by atoms with Crippen LogP contribution in [0, 0.1) is 5.92 Å². The van der Waals surface area contributed by atoms with Crippen LogP contribution in [0.15, 0.2) is 12.7 Å². The lowest BCUT2D eigenvalue weighted by atomic mass is 10.1. The van der Waals surface area contributed by atoms with E-state index in [1.165, 1.54) is 6.08 Å². The molecule has 92 valence electrons. The molecule has 0 aliphatic rings. The number of nitrogens with one attached hydrogen (secondary N) is 1. The molecule has 0 bridgehead atoms. The van der Waals surface area contributed by atoms with Crippen LogP contribution in [-0.4, -0.2) is 34.2 Å². The number of amides is 1. The first-order valence-corrected chi connectivity index (χ1v) is 5.20. The number of aliphatic carboxylic acids is 1. The van der Waals surface area contributed by atoms with Crippen molar-refractivity contribution in [2.24, 2.45) is 5.92 Å². The predicted octanol–water partition coefficient (Wildman–Crippen LogP) is 0.539. The number of aliphatic hydroxyl groups is 1. The quantitative estimate of drug-likeness (QED) is 0.556. The van der Waals surface area contributed by atoms with Crippen LogP contribution in [-0.2, 0) is 9.59 Å². The Kier molecular flexibility index (Phi) is 6.41.